The number of halogens is 2. The monoisotopic (exact) mass is 338 g/mol. The molecule has 0 amide bonds. The molecule has 114 valence electrons. The molecule has 0 saturated heterocycles. The third kappa shape index (κ3) is 3.78. The van der Waals surface area contributed by atoms with Crippen molar-refractivity contribution in [3.8, 4) is 5.75 Å². The van der Waals surface area contributed by atoms with Gasteiger partial charge in [-0.05, 0) is 31.2 Å². The molecule has 2 aromatic rings. The van der Waals surface area contributed by atoms with Crippen LogP contribution in [0.2, 0.25) is 10.0 Å². The lowest BCUT2D eigenvalue weighted by Crippen LogP contribution is -2.16. The van der Waals surface area contributed by atoms with E-state index in [9.17, 15) is 9.59 Å². The van der Waals surface area contributed by atoms with Crippen LogP contribution in [0.1, 0.15) is 27.6 Å². The highest BCUT2D eigenvalue weighted by Crippen LogP contribution is 2.28. The van der Waals surface area contributed by atoms with Crippen LogP contribution in [0.3, 0.4) is 0 Å². The predicted octanol–water partition coefficient (Wildman–Crippen LogP) is 4.39. The maximum absolute atomic E-state index is 12.3. The van der Waals surface area contributed by atoms with Gasteiger partial charge in [-0.25, -0.2) is 9.59 Å². The van der Waals surface area contributed by atoms with Gasteiger partial charge >= 0.3 is 11.9 Å². The molecule has 2 rings (SSSR count). The van der Waals surface area contributed by atoms with E-state index in [-0.39, 0.29) is 28.5 Å². The molecule has 0 saturated carbocycles. The highest BCUT2D eigenvalue weighted by molar-refractivity contribution is 6.34. The first-order chi connectivity index (χ1) is 10.5. The number of carbonyl (C=O) groups is 2. The summed E-state index contributed by atoms with van der Waals surface area (Å²) in [7, 11) is 0. The molecule has 0 aliphatic heterocycles. The maximum Gasteiger partial charge on any atom is 0.344 e. The van der Waals surface area contributed by atoms with E-state index in [1.165, 1.54) is 24.3 Å². The molecule has 0 bridgehead atoms. The summed E-state index contributed by atoms with van der Waals surface area (Å²) in [6.07, 6.45) is 0. The maximum atomic E-state index is 12.3. The van der Waals surface area contributed by atoms with Crippen molar-refractivity contribution in [2.75, 3.05) is 6.61 Å². The molecule has 6 heteroatoms. The Hall–Kier alpha value is -2.04. The SMILES string of the molecule is CCOC(=O)c1ccccc1C(=O)Oc1cc(Cl)ccc1Cl. The average Bonchev–Trinajstić information content (AvgIpc) is 2.51. The van der Waals surface area contributed by atoms with Crippen molar-refractivity contribution in [2.45, 2.75) is 6.92 Å². The van der Waals surface area contributed by atoms with Crippen LogP contribution in [-0.2, 0) is 4.74 Å². The second-order valence-corrected chi connectivity index (χ2v) is 5.07. The van der Waals surface area contributed by atoms with E-state index in [2.05, 4.69) is 0 Å². The van der Waals surface area contributed by atoms with Crippen molar-refractivity contribution in [1.29, 1.82) is 0 Å². The number of hydrogen-bond donors (Lipinski definition) is 0. The normalized spacial score (nSPS) is 10.1. The van der Waals surface area contributed by atoms with Gasteiger partial charge in [0.25, 0.3) is 0 Å². The summed E-state index contributed by atoms with van der Waals surface area (Å²) >= 11 is 11.8. The summed E-state index contributed by atoms with van der Waals surface area (Å²) in [4.78, 5) is 24.1. The minimum Gasteiger partial charge on any atom is -0.462 e. The molecule has 0 radical (unpaired) electrons. The molecule has 0 heterocycles. The van der Waals surface area contributed by atoms with E-state index in [0.29, 0.717) is 5.02 Å². The Balaban J connectivity index is 2.30. The van der Waals surface area contributed by atoms with Gasteiger partial charge < -0.3 is 9.47 Å². The summed E-state index contributed by atoms with van der Waals surface area (Å²) in [5.41, 5.74) is 0.226. The minimum absolute atomic E-state index is 0.0944. The molecule has 0 aliphatic rings. The third-order valence-electron chi connectivity index (χ3n) is 2.74. The zero-order valence-corrected chi connectivity index (χ0v) is 13.1. The van der Waals surface area contributed by atoms with Gasteiger partial charge in [0, 0.05) is 11.1 Å². The van der Waals surface area contributed by atoms with Crippen LogP contribution in [0, 0.1) is 0 Å². The van der Waals surface area contributed by atoms with Gasteiger partial charge in [0.2, 0.25) is 0 Å². The second kappa shape index (κ2) is 7.29. The zero-order valence-electron chi connectivity index (χ0n) is 11.6. The average molecular weight is 339 g/mol. The lowest BCUT2D eigenvalue weighted by atomic mass is 10.1. The van der Waals surface area contributed by atoms with Crippen LogP contribution in [0.25, 0.3) is 0 Å². The Morgan fingerprint density at radius 3 is 2.27 bits per heavy atom. The van der Waals surface area contributed by atoms with Gasteiger partial charge in [0.05, 0.1) is 22.8 Å². The first-order valence-corrected chi connectivity index (χ1v) is 7.22. The Morgan fingerprint density at radius 2 is 1.64 bits per heavy atom. The molecule has 22 heavy (non-hydrogen) atoms. The number of benzene rings is 2. The standard InChI is InChI=1S/C16H12Cl2O4/c1-2-21-15(19)11-5-3-4-6-12(11)16(20)22-14-9-10(17)7-8-13(14)18/h3-9H,2H2,1H3. The number of ether oxygens (including phenoxy) is 2. The molecular formula is C16H12Cl2O4. The van der Waals surface area contributed by atoms with Gasteiger partial charge in [-0.15, -0.1) is 0 Å². The minimum atomic E-state index is -0.715. The summed E-state index contributed by atoms with van der Waals surface area (Å²) < 4.78 is 10.1. The van der Waals surface area contributed by atoms with Gasteiger partial charge in [-0.1, -0.05) is 35.3 Å². The van der Waals surface area contributed by atoms with Gasteiger partial charge in [-0.3, -0.25) is 0 Å². The summed E-state index contributed by atoms with van der Waals surface area (Å²) in [6.45, 7) is 1.90. The van der Waals surface area contributed by atoms with Crippen molar-refractivity contribution >= 4 is 35.1 Å². The molecule has 0 N–H and O–H groups in total. The largest absolute Gasteiger partial charge is 0.462 e. The first kappa shape index (κ1) is 16.3. The van der Waals surface area contributed by atoms with Crippen LogP contribution in [0.15, 0.2) is 42.5 Å². The van der Waals surface area contributed by atoms with E-state index in [1.54, 1.807) is 25.1 Å². The summed E-state index contributed by atoms with van der Waals surface area (Å²) in [5.74, 6) is -1.18. The molecule has 0 aromatic heterocycles. The fourth-order valence-electron chi connectivity index (χ4n) is 1.76. The molecule has 2 aromatic carbocycles. The van der Waals surface area contributed by atoms with Gasteiger partial charge in [0.1, 0.15) is 0 Å². The number of carbonyl (C=O) groups excluding carboxylic acids is 2. The highest BCUT2D eigenvalue weighted by atomic mass is 35.5. The van der Waals surface area contributed by atoms with Crippen molar-refractivity contribution in [2.24, 2.45) is 0 Å². The quantitative estimate of drug-likeness (QED) is 0.612. The summed E-state index contributed by atoms with van der Waals surface area (Å²) in [5, 5.41) is 0.622. The van der Waals surface area contributed by atoms with E-state index in [1.807, 2.05) is 0 Å². The van der Waals surface area contributed by atoms with Crippen LogP contribution in [0.5, 0.6) is 5.75 Å². The Kier molecular flexibility index (Phi) is 5.41. The lowest BCUT2D eigenvalue weighted by molar-refractivity contribution is 0.0517. The smallest absolute Gasteiger partial charge is 0.344 e. The number of hydrogen-bond acceptors (Lipinski definition) is 4. The molecule has 4 nitrogen and oxygen atoms in total. The van der Waals surface area contributed by atoms with Crippen molar-refractivity contribution in [1.82, 2.24) is 0 Å². The van der Waals surface area contributed by atoms with Gasteiger partial charge in [-0.2, -0.15) is 0 Å². The number of rotatable bonds is 4. The highest BCUT2D eigenvalue weighted by Gasteiger charge is 2.20. The predicted molar refractivity (Wildman–Crippen MR) is 83.8 cm³/mol. The fraction of sp³-hybridized carbons (Fsp3) is 0.125. The molecule has 0 atom stereocenters. The Bertz CT molecular complexity index is 713. The van der Waals surface area contributed by atoms with E-state index >= 15 is 0 Å². The fourth-order valence-corrected chi connectivity index (χ4v) is 2.08. The van der Waals surface area contributed by atoms with Crippen LogP contribution < -0.4 is 4.74 Å². The third-order valence-corrected chi connectivity index (χ3v) is 3.29. The molecule has 0 unspecified atom stereocenters. The summed E-state index contributed by atoms with van der Waals surface area (Å²) in [6, 6.07) is 10.8. The van der Waals surface area contributed by atoms with Crippen molar-refractivity contribution in [3.63, 3.8) is 0 Å². The first-order valence-electron chi connectivity index (χ1n) is 6.46. The second-order valence-electron chi connectivity index (χ2n) is 4.23. The van der Waals surface area contributed by atoms with Gasteiger partial charge in [0.15, 0.2) is 5.75 Å². The number of esters is 2. The Labute approximate surface area is 137 Å². The van der Waals surface area contributed by atoms with Crippen molar-refractivity contribution in [3.05, 3.63) is 63.6 Å². The lowest BCUT2D eigenvalue weighted by Gasteiger charge is -2.10. The van der Waals surface area contributed by atoms with Crippen LogP contribution >= 0.6 is 23.2 Å². The molecular weight excluding hydrogens is 327 g/mol. The van der Waals surface area contributed by atoms with Crippen LogP contribution in [-0.4, -0.2) is 18.5 Å². The van der Waals surface area contributed by atoms with Crippen molar-refractivity contribution < 1.29 is 19.1 Å². The topological polar surface area (TPSA) is 52.6 Å². The van der Waals surface area contributed by atoms with E-state index < -0.39 is 11.9 Å². The molecule has 0 fully saturated rings. The van der Waals surface area contributed by atoms with E-state index in [4.69, 9.17) is 32.7 Å². The molecule has 0 spiro atoms. The Morgan fingerprint density at radius 1 is 1.00 bits per heavy atom. The zero-order chi connectivity index (χ0) is 16.1. The molecule has 0 aliphatic carbocycles. The van der Waals surface area contributed by atoms with E-state index in [0.717, 1.165) is 0 Å². The van der Waals surface area contributed by atoms with Crippen LogP contribution in [0.4, 0.5) is 0 Å².